The highest BCUT2D eigenvalue weighted by molar-refractivity contribution is 5.28. The summed E-state index contributed by atoms with van der Waals surface area (Å²) in [6.45, 7) is 14.0. The van der Waals surface area contributed by atoms with E-state index < -0.39 is 6.10 Å². The van der Waals surface area contributed by atoms with Crippen molar-refractivity contribution in [3.8, 4) is 12.3 Å². The zero-order valence-corrected chi connectivity index (χ0v) is 18.0. The van der Waals surface area contributed by atoms with Crippen molar-refractivity contribution in [3.63, 3.8) is 0 Å². The number of ether oxygens (including phenoxy) is 1. The summed E-state index contributed by atoms with van der Waals surface area (Å²) in [6.07, 6.45) is 8.64. The van der Waals surface area contributed by atoms with Gasteiger partial charge in [-0.2, -0.15) is 0 Å². The first kappa shape index (κ1) is 23.0. The summed E-state index contributed by atoms with van der Waals surface area (Å²) >= 11 is 0. The van der Waals surface area contributed by atoms with E-state index in [9.17, 15) is 5.11 Å². The Bertz CT molecular complexity index is 793. The molecule has 2 atom stereocenters. The summed E-state index contributed by atoms with van der Waals surface area (Å²) in [4.78, 5) is 1.24. The number of nitrogens with one attached hydrogen (secondary N) is 1. The molecule has 29 heavy (non-hydrogen) atoms. The molecule has 1 aromatic heterocycles. The fourth-order valence-electron chi connectivity index (χ4n) is 3.41. The molecule has 1 heterocycles. The number of quaternary nitrogens is 1. The smallest absolute Gasteiger partial charge is 0.126 e. The summed E-state index contributed by atoms with van der Waals surface area (Å²) < 4.78 is 7.54. The molecule has 4 heteroatoms. The number of aromatic nitrogens is 1. The number of aliphatic hydroxyl groups excluding tert-OH is 1. The second kappa shape index (κ2) is 11.0. The number of terminal acetylenes is 1. The van der Waals surface area contributed by atoms with Gasteiger partial charge in [0, 0.05) is 12.7 Å². The van der Waals surface area contributed by atoms with Gasteiger partial charge in [-0.1, -0.05) is 57.5 Å². The van der Waals surface area contributed by atoms with E-state index in [2.05, 4.69) is 80.4 Å². The van der Waals surface area contributed by atoms with E-state index in [1.165, 1.54) is 21.7 Å². The maximum Gasteiger partial charge on any atom is 0.126 e. The lowest BCUT2D eigenvalue weighted by molar-refractivity contribution is -0.911. The largest absolute Gasteiger partial charge is 0.385 e. The summed E-state index contributed by atoms with van der Waals surface area (Å²) in [5.41, 5.74) is 4.02. The van der Waals surface area contributed by atoms with Gasteiger partial charge in [-0.25, -0.2) is 0 Å². The highest BCUT2D eigenvalue weighted by Gasteiger charge is 2.17. The molecule has 4 nitrogen and oxygen atoms in total. The SMILES string of the molecule is C#CCOC[C@@H](O)C[NH+](CC=C)Cc1cccn1Cc1ccc(C(C)(C)C)cc1. The van der Waals surface area contributed by atoms with Gasteiger partial charge in [-0.15, -0.1) is 6.42 Å². The molecule has 0 saturated heterocycles. The van der Waals surface area contributed by atoms with Crippen LogP contribution in [-0.4, -0.2) is 42.1 Å². The van der Waals surface area contributed by atoms with Crippen molar-refractivity contribution in [1.82, 2.24) is 4.57 Å². The van der Waals surface area contributed by atoms with E-state index in [0.29, 0.717) is 6.54 Å². The third kappa shape index (κ3) is 7.55. The average molecular weight is 396 g/mol. The molecule has 1 aromatic carbocycles. The minimum absolute atomic E-state index is 0.163. The van der Waals surface area contributed by atoms with Gasteiger partial charge in [0.05, 0.1) is 18.8 Å². The minimum Gasteiger partial charge on any atom is -0.385 e. The lowest BCUT2D eigenvalue weighted by atomic mass is 9.87. The molecule has 2 N–H and O–H groups in total. The van der Waals surface area contributed by atoms with Crippen molar-refractivity contribution in [2.75, 3.05) is 26.3 Å². The van der Waals surface area contributed by atoms with Gasteiger partial charge in [0.2, 0.25) is 0 Å². The molecule has 0 fully saturated rings. The number of aliphatic hydroxyl groups is 1. The average Bonchev–Trinajstić information content (AvgIpc) is 3.08. The zero-order valence-electron chi connectivity index (χ0n) is 18.0. The fraction of sp³-hybridized carbons (Fsp3) is 0.440. The molecule has 0 aliphatic carbocycles. The molecule has 2 rings (SSSR count). The van der Waals surface area contributed by atoms with Crippen molar-refractivity contribution < 1.29 is 14.7 Å². The molecule has 0 bridgehead atoms. The van der Waals surface area contributed by atoms with Crippen LogP contribution >= 0.6 is 0 Å². The number of hydrogen-bond acceptors (Lipinski definition) is 2. The normalized spacial score (nSPS) is 13.6. The van der Waals surface area contributed by atoms with Gasteiger partial charge < -0.3 is 19.3 Å². The number of benzene rings is 1. The van der Waals surface area contributed by atoms with Crippen molar-refractivity contribution >= 4 is 0 Å². The maximum absolute atomic E-state index is 10.2. The van der Waals surface area contributed by atoms with Crippen LogP contribution in [0.2, 0.25) is 0 Å². The van der Waals surface area contributed by atoms with E-state index in [1.54, 1.807) is 0 Å². The van der Waals surface area contributed by atoms with E-state index in [4.69, 9.17) is 11.2 Å². The molecule has 1 unspecified atom stereocenters. The quantitative estimate of drug-likeness (QED) is 0.348. The van der Waals surface area contributed by atoms with Crippen LogP contribution in [0.5, 0.6) is 0 Å². The number of nitrogens with zero attached hydrogens (tertiary/aromatic N) is 1. The van der Waals surface area contributed by atoms with Crippen LogP contribution in [0.1, 0.15) is 37.6 Å². The van der Waals surface area contributed by atoms with Crippen LogP contribution in [-0.2, 0) is 23.2 Å². The zero-order chi connectivity index (χ0) is 21.3. The molecule has 0 aliphatic heterocycles. The van der Waals surface area contributed by atoms with E-state index in [1.807, 2.05) is 6.08 Å². The number of hydrogen-bond donors (Lipinski definition) is 2. The summed E-state index contributed by atoms with van der Waals surface area (Å²) in [5.74, 6) is 2.42. The Kier molecular flexibility index (Phi) is 8.72. The fourth-order valence-corrected chi connectivity index (χ4v) is 3.41. The Morgan fingerprint density at radius 1 is 1.28 bits per heavy atom. The van der Waals surface area contributed by atoms with Crippen LogP contribution in [0.3, 0.4) is 0 Å². The molecule has 0 spiro atoms. The van der Waals surface area contributed by atoms with Gasteiger partial charge in [-0.3, -0.25) is 0 Å². The van der Waals surface area contributed by atoms with Crippen molar-refractivity contribution in [2.24, 2.45) is 0 Å². The third-order valence-electron chi connectivity index (χ3n) is 4.98. The van der Waals surface area contributed by atoms with Gasteiger partial charge in [-0.05, 0) is 34.8 Å². The topological polar surface area (TPSA) is 38.8 Å². The molecule has 156 valence electrons. The van der Waals surface area contributed by atoms with Crippen LogP contribution in [0, 0.1) is 12.3 Å². The molecule has 0 amide bonds. The minimum atomic E-state index is -0.549. The Balaban J connectivity index is 2.01. The van der Waals surface area contributed by atoms with E-state index in [-0.39, 0.29) is 18.6 Å². The molecule has 0 radical (unpaired) electrons. The highest BCUT2D eigenvalue weighted by Crippen LogP contribution is 2.22. The molecular formula is C25H35N2O2+. The summed E-state index contributed by atoms with van der Waals surface area (Å²) in [5, 5.41) is 10.2. The van der Waals surface area contributed by atoms with Crippen LogP contribution in [0.15, 0.2) is 55.3 Å². The third-order valence-corrected chi connectivity index (χ3v) is 4.98. The monoisotopic (exact) mass is 395 g/mol. The molecular weight excluding hydrogens is 360 g/mol. The maximum atomic E-state index is 10.2. The van der Waals surface area contributed by atoms with Crippen molar-refractivity contribution in [3.05, 3.63) is 72.1 Å². The Labute approximate surface area is 175 Å². The Morgan fingerprint density at radius 2 is 2.00 bits per heavy atom. The lowest BCUT2D eigenvalue weighted by Crippen LogP contribution is -3.11. The van der Waals surface area contributed by atoms with Gasteiger partial charge in [0.1, 0.15) is 25.8 Å². The standard InChI is InChI=1S/C25H34N2O2/c1-6-14-26(19-24(28)20-29-16-7-2)18-23-9-8-15-27(23)17-21-10-12-22(13-11-21)25(3,4)5/h2,6,8-13,15,24,28H,1,14,16-20H2,3-5H3/p+1/t24-/m0/s1. The van der Waals surface area contributed by atoms with Crippen molar-refractivity contribution in [1.29, 1.82) is 0 Å². The lowest BCUT2D eigenvalue weighted by Gasteiger charge is -2.22. The van der Waals surface area contributed by atoms with E-state index >= 15 is 0 Å². The molecule has 2 aromatic rings. The molecule has 0 aliphatic rings. The van der Waals surface area contributed by atoms with Gasteiger partial charge in [0.25, 0.3) is 0 Å². The molecule has 0 saturated carbocycles. The second-order valence-corrected chi connectivity index (χ2v) is 8.57. The Hall–Kier alpha value is -2.32. The van der Waals surface area contributed by atoms with Crippen LogP contribution in [0.4, 0.5) is 0 Å². The first-order chi connectivity index (χ1) is 13.8. The predicted octanol–water partition coefficient (Wildman–Crippen LogP) is 2.42. The van der Waals surface area contributed by atoms with Gasteiger partial charge in [0.15, 0.2) is 0 Å². The van der Waals surface area contributed by atoms with Gasteiger partial charge >= 0.3 is 0 Å². The summed E-state index contributed by atoms with van der Waals surface area (Å²) in [6, 6.07) is 13.1. The van der Waals surface area contributed by atoms with Crippen LogP contribution in [0.25, 0.3) is 0 Å². The highest BCUT2D eigenvalue weighted by atomic mass is 16.5. The Morgan fingerprint density at radius 3 is 2.62 bits per heavy atom. The van der Waals surface area contributed by atoms with E-state index in [0.717, 1.165) is 19.6 Å². The van der Waals surface area contributed by atoms with Crippen molar-refractivity contribution in [2.45, 2.75) is 45.4 Å². The number of rotatable bonds is 11. The van der Waals surface area contributed by atoms with Crippen LogP contribution < -0.4 is 4.90 Å². The first-order valence-electron chi connectivity index (χ1n) is 10.2. The first-order valence-corrected chi connectivity index (χ1v) is 10.2. The second-order valence-electron chi connectivity index (χ2n) is 8.57. The predicted molar refractivity (Wildman–Crippen MR) is 119 cm³/mol. The summed E-state index contributed by atoms with van der Waals surface area (Å²) in [7, 11) is 0.